The van der Waals surface area contributed by atoms with E-state index in [1.165, 1.54) is 32.5 Å². The van der Waals surface area contributed by atoms with Crippen LogP contribution in [0.25, 0.3) is 0 Å². The molecule has 0 unspecified atom stereocenters. The maximum absolute atomic E-state index is 12.7. The smallest absolute Gasteiger partial charge is 0.227 e. The van der Waals surface area contributed by atoms with Gasteiger partial charge < -0.3 is 14.7 Å². The number of carbonyl (C=O) groups is 1. The number of piperidine rings is 1. The first-order valence-electron chi connectivity index (χ1n) is 9.64. The summed E-state index contributed by atoms with van der Waals surface area (Å²) in [6.07, 6.45) is 3.63. The van der Waals surface area contributed by atoms with Gasteiger partial charge in [-0.05, 0) is 58.7 Å². The summed E-state index contributed by atoms with van der Waals surface area (Å²) in [5.41, 5.74) is 0.458. The molecule has 4 nitrogen and oxygen atoms in total. The molecule has 0 N–H and O–H groups in total. The third kappa shape index (κ3) is 3.74. The van der Waals surface area contributed by atoms with Crippen molar-refractivity contribution in [1.82, 2.24) is 14.7 Å². The summed E-state index contributed by atoms with van der Waals surface area (Å²) < 4.78 is 0. The van der Waals surface area contributed by atoms with E-state index in [0.717, 1.165) is 38.5 Å². The lowest BCUT2D eigenvalue weighted by molar-refractivity contribution is -0.151. The van der Waals surface area contributed by atoms with Gasteiger partial charge in [0.2, 0.25) is 5.91 Å². The van der Waals surface area contributed by atoms with Gasteiger partial charge in [-0.3, -0.25) is 4.79 Å². The van der Waals surface area contributed by atoms with Gasteiger partial charge in [0, 0.05) is 37.6 Å². The molecule has 1 amide bonds. The minimum Gasteiger partial charge on any atom is -0.341 e. The van der Waals surface area contributed by atoms with Gasteiger partial charge in [-0.15, -0.1) is 0 Å². The fraction of sp³-hybridized carbons (Fsp3) is 0.947. The Hall–Kier alpha value is -0.610. The fourth-order valence-electron chi connectivity index (χ4n) is 4.68. The van der Waals surface area contributed by atoms with Crippen molar-refractivity contribution in [3.05, 3.63) is 0 Å². The summed E-state index contributed by atoms with van der Waals surface area (Å²) in [6.45, 7) is 16.9. The van der Waals surface area contributed by atoms with Crippen LogP contribution in [0.4, 0.5) is 0 Å². The lowest BCUT2D eigenvalue weighted by atomic mass is 9.71. The van der Waals surface area contributed by atoms with Crippen molar-refractivity contribution < 1.29 is 4.79 Å². The number of rotatable bonds is 4. The van der Waals surface area contributed by atoms with Gasteiger partial charge in [-0.1, -0.05) is 13.8 Å². The Balaban J connectivity index is 1.44. The van der Waals surface area contributed by atoms with Crippen LogP contribution in [0, 0.1) is 17.3 Å². The van der Waals surface area contributed by atoms with Gasteiger partial charge in [-0.25, -0.2) is 0 Å². The van der Waals surface area contributed by atoms with Crippen molar-refractivity contribution in [2.45, 2.75) is 53.0 Å². The quantitative estimate of drug-likeness (QED) is 0.795. The summed E-state index contributed by atoms with van der Waals surface area (Å²) in [4.78, 5) is 19.9. The Morgan fingerprint density at radius 2 is 1.74 bits per heavy atom. The molecule has 1 spiro atoms. The second-order valence-electron chi connectivity index (χ2n) is 8.96. The Bertz CT molecular complexity index is 418. The minimum atomic E-state index is 0.260. The molecule has 3 aliphatic heterocycles. The normalized spacial score (nSPS) is 28.8. The number of likely N-dealkylation sites (tertiary alicyclic amines) is 3. The summed E-state index contributed by atoms with van der Waals surface area (Å²) in [5, 5.41) is 0. The molecular weight excluding hydrogens is 286 g/mol. The largest absolute Gasteiger partial charge is 0.341 e. The zero-order chi connectivity index (χ0) is 16.6. The zero-order valence-corrected chi connectivity index (χ0v) is 15.6. The van der Waals surface area contributed by atoms with E-state index in [0.29, 0.717) is 17.4 Å². The minimum absolute atomic E-state index is 0.260. The maximum atomic E-state index is 12.7. The molecule has 3 fully saturated rings. The molecule has 0 bridgehead atoms. The number of nitrogens with zero attached hydrogens (tertiary/aromatic N) is 3. The van der Waals surface area contributed by atoms with Crippen LogP contribution in [0.15, 0.2) is 0 Å². The highest BCUT2D eigenvalue weighted by Crippen LogP contribution is 2.41. The van der Waals surface area contributed by atoms with Gasteiger partial charge >= 0.3 is 0 Å². The van der Waals surface area contributed by atoms with E-state index in [2.05, 4.69) is 42.4 Å². The highest BCUT2D eigenvalue weighted by Gasteiger charge is 2.48. The Kier molecular flexibility index (Phi) is 5.03. The molecule has 1 atom stereocenters. The Morgan fingerprint density at radius 1 is 1.09 bits per heavy atom. The van der Waals surface area contributed by atoms with Crippen LogP contribution in [-0.4, -0.2) is 72.5 Å². The van der Waals surface area contributed by atoms with E-state index in [-0.39, 0.29) is 5.92 Å². The summed E-state index contributed by atoms with van der Waals surface area (Å²) in [5.74, 6) is 1.45. The molecule has 0 aromatic rings. The molecule has 0 aliphatic carbocycles. The third-order valence-electron chi connectivity index (χ3n) is 6.20. The van der Waals surface area contributed by atoms with Crippen molar-refractivity contribution in [3.63, 3.8) is 0 Å². The molecule has 4 heteroatoms. The molecule has 0 aromatic heterocycles. The van der Waals surface area contributed by atoms with Crippen LogP contribution in [0.5, 0.6) is 0 Å². The average molecular weight is 322 g/mol. The van der Waals surface area contributed by atoms with Crippen molar-refractivity contribution in [2.24, 2.45) is 17.3 Å². The molecule has 3 heterocycles. The second kappa shape index (κ2) is 6.72. The van der Waals surface area contributed by atoms with Gasteiger partial charge in [-0.2, -0.15) is 0 Å². The lowest BCUT2D eigenvalue weighted by Gasteiger charge is -2.54. The second-order valence-corrected chi connectivity index (χ2v) is 8.96. The van der Waals surface area contributed by atoms with E-state index in [1.54, 1.807) is 0 Å². The highest BCUT2D eigenvalue weighted by atomic mass is 16.2. The van der Waals surface area contributed by atoms with Crippen molar-refractivity contribution in [3.8, 4) is 0 Å². The summed E-state index contributed by atoms with van der Waals surface area (Å²) >= 11 is 0. The molecule has 0 saturated carbocycles. The number of hydrogen-bond acceptors (Lipinski definition) is 3. The first kappa shape index (κ1) is 17.2. The van der Waals surface area contributed by atoms with E-state index < -0.39 is 0 Å². The first-order chi connectivity index (χ1) is 10.9. The number of amides is 1. The Morgan fingerprint density at radius 3 is 2.26 bits per heavy atom. The first-order valence-corrected chi connectivity index (χ1v) is 9.64. The predicted octanol–water partition coefficient (Wildman–Crippen LogP) is 2.30. The Labute approximate surface area is 142 Å². The monoisotopic (exact) mass is 321 g/mol. The fourth-order valence-corrected chi connectivity index (χ4v) is 4.68. The maximum Gasteiger partial charge on any atom is 0.227 e. The van der Waals surface area contributed by atoms with Crippen LogP contribution in [0.1, 0.15) is 47.0 Å². The van der Waals surface area contributed by atoms with E-state index in [4.69, 9.17) is 0 Å². The van der Waals surface area contributed by atoms with Gasteiger partial charge in [0.25, 0.3) is 0 Å². The van der Waals surface area contributed by atoms with Gasteiger partial charge in [0.05, 0.1) is 5.92 Å². The molecule has 3 aliphatic rings. The third-order valence-corrected chi connectivity index (χ3v) is 6.20. The predicted molar refractivity (Wildman–Crippen MR) is 94.3 cm³/mol. The van der Waals surface area contributed by atoms with Gasteiger partial charge in [0.1, 0.15) is 0 Å². The molecule has 132 valence electrons. The highest BCUT2D eigenvalue weighted by molar-refractivity contribution is 5.80. The molecule has 3 rings (SSSR count). The van der Waals surface area contributed by atoms with Crippen LogP contribution < -0.4 is 0 Å². The topological polar surface area (TPSA) is 26.8 Å². The molecule has 3 saturated heterocycles. The van der Waals surface area contributed by atoms with E-state index in [1.807, 2.05) is 0 Å². The van der Waals surface area contributed by atoms with Crippen LogP contribution >= 0.6 is 0 Å². The SMILES string of the molecule is CC(C)CN1CCC2(CC1)CN(C(=O)[C@H]1CCN(C(C)C)C1)C2. The van der Waals surface area contributed by atoms with Crippen LogP contribution in [0.3, 0.4) is 0 Å². The van der Waals surface area contributed by atoms with Crippen LogP contribution in [0.2, 0.25) is 0 Å². The van der Waals surface area contributed by atoms with E-state index >= 15 is 0 Å². The number of hydrogen-bond donors (Lipinski definition) is 0. The average Bonchev–Trinajstić information content (AvgIpc) is 2.94. The number of carbonyl (C=O) groups excluding carboxylic acids is 1. The lowest BCUT2D eigenvalue weighted by Crippen LogP contribution is -2.63. The summed E-state index contributed by atoms with van der Waals surface area (Å²) in [7, 11) is 0. The van der Waals surface area contributed by atoms with Crippen molar-refractivity contribution in [2.75, 3.05) is 45.8 Å². The van der Waals surface area contributed by atoms with Crippen LogP contribution in [-0.2, 0) is 4.79 Å². The van der Waals surface area contributed by atoms with Crippen molar-refractivity contribution in [1.29, 1.82) is 0 Å². The standard InChI is InChI=1S/C19H35N3O/c1-15(2)11-20-9-6-19(7-10-20)13-22(14-19)18(23)17-5-8-21(12-17)16(3)4/h15-17H,5-14H2,1-4H3/t17-/m0/s1. The van der Waals surface area contributed by atoms with Gasteiger partial charge in [0.15, 0.2) is 0 Å². The molecule has 0 radical (unpaired) electrons. The molecule has 0 aromatic carbocycles. The molecule has 23 heavy (non-hydrogen) atoms. The summed E-state index contributed by atoms with van der Waals surface area (Å²) in [6, 6.07) is 0.570. The zero-order valence-electron chi connectivity index (χ0n) is 15.6. The molecular formula is C19H35N3O. The van der Waals surface area contributed by atoms with Crippen molar-refractivity contribution >= 4 is 5.91 Å². The van der Waals surface area contributed by atoms with E-state index in [9.17, 15) is 4.79 Å².